The Kier molecular flexibility index (Phi) is 15.1. The maximum absolute atomic E-state index is 14.1. The van der Waals surface area contributed by atoms with Crippen molar-refractivity contribution in [3.63, 3.8) is 0 Å². The fourth-order valence-electron chi connectivity index (χ4n) is 9.30. The second-order valence-corrected chi connectivity index (χ2v) is 25.5. The maximum atomic E-state index is 14.1. The van der Waals surface area contributed by atoms with Crippen molar-refractivity contribution in [2.24, 2.45) is 9.78 Å². The summed E-state index contributed by atoms with van der Waals surface area (Å²) in [7, 11) is -13.8. The van der Waals surface area contributed by atoms with E-state index in [9.17, 15) is 43.8 Å². The van der Waals surface area contributed by atoms with E-state index in [-0.39, 0.29) is 58.9 Å². The standard InChI is InChI=1S/C49H55ClF3N7O8S3/c1-33(61)56-69(63)25-23-58(24-26-69)18-4-5-35-8-12-41(29-45(35)70(64,65)49(51,52)53)71(66,67)57-47(62)42-13-11-39(28-44(42)68-40-27-36-15-17-54-46(36)55-31-40)60-21-19-59(20-22-60)32-37-14-16-48(2,3)30-43(37)34-6-9-38(50)10-7-34/h6-13,15,17,27-29,31H,4-5,14,16,18-26,30,32H2,1-3H3,(H,54,55)(H,57,62). The fraction of sp³-hybridized carbons (Fsp3) is 0.408. The van der Waals surface area contributed by atoms with Gasteiger partial charge in [0.05, 0.1) is 31.3 Å². The number of rotatable bonds is 14. The molecule has 2 aromatic heterocycles. The number of hydrogen-bond donors (Lipinski definition) is 2. The molecule has 0 unspecified atom stereocenters. The van der Waals surface area contributed by atoms with E-state index in [1.165, 1.54) is 35.9 Å². The fourth-order valence-corrected chi connectivity index (χ4v) is 13.5. The minimum atomic E-state index is -6.07. The van der Waals surface area contributed by atoms with Gasteiger partial charge in [0.15, 0.2) is 0 Å². The molecule has 380 valence electrons. The first-order valence-electron chi connectivity index (χ1n) is 23.1. The molecule has 15 nitrogen and oxygen atoms in total. The lowest BCUT2D eigenvalue weighted by Crippen LogP contribution is -2.47. The van der Waals surface area contributed by atoms with E-state index in [2.05, 4.69) is 50.1 Å². The lowest BCUT2D eigenvalue weighted by atomic mass is 9.72. The van der Waals surface area contributed by atoms with Crippen LogP contribution in [0.5, 0.6) is 11.5 Å². The zero-order valence-electron chi connectivity index (χ0n) is 39.4. The third-order valence-electron chi connectivity index (χ3n) is 13.2. The Morgan fingerprint density at radius 3 is 2.34 bits per heavy atom. The van der Waals surface area contributed by atoms with Gasteiger partial charge in [0.25, 0.3) is 31.7 Å². The molecule has 0 bridgehead atoms. The van der Waals surface area contributed by atoms with Gasteiger partial charge in [-0.15, -0.1) is 0 Å². The normalized spacial score (nSPS) is 18.1. The Morgan fingerprint density at radius 1 is 0.930 bits per heavy atom. The molecular weight excluding hydrogens is 1000 g/mol. The Balaban J connectivity index is 1.01. The molecule has 2 amide bonds. The summed E-state index contributed by atoms with van der Waals surface area (Å²) in [5.74, 6) is -1.27. The van der Waals surface area contributed by atoms with Crippen molar-refractivity contribution in [3.8, 4) is 11.5 Å². The number of nitrogens with one attached hydrogen (secondary N) is 2. The number of carbonyl (C=O) groups excluding carboxylic acids is 2. The molecule has 4 heterocycles. The summed E-state index contributed by atoms with van der Waals surface area (Å²) in [6.07, 6.45) is 6.14. The molecule has 3 aromatic carbocycles. The number of aromatic amines is 1. The number of halogens is 4. The number of sulfonamides is 1. The van der Waals surface area contributed by atoms with E-state index in [0.29, 0.717) is 54.0 Å². The summed E-state index contributed by atoms with van der Waals surface area (Å²) >= 11 is 6.23. The van der Waals surface area contributed by atoms with Gasteiger partial charge in [-0.1, -0.05) is 49.2 Å². The van der Waals surface area contributed by atoms with Crippen molar-refractivity contribution in [1.29, 1.82) is 0 Å². The molecule has 0 spiro atoms. The highest BCUT2D eigenvalue weighted by atomic mass is 35.5. The number of fused-ring (bicyclic) bond motifs is 1. The highest BCUT2D eigenvalue weighted by Gasteiger charge is 2.48. The summed E-state index contributed by atoms with van der Waals surface area (Å²) in [5, 5.41) is 1.39. The van der Waals surface area contributed by atoms with Crippen LogP contribution in [0.3, 0.4) is 0 Å². The van der Waals surface area contributed by atoms with Gasteiger partial charge in [0, 0.05) is 92.6 Å². The number of piperazine rings is 1. The molecule has 22 heteroatoms. The first-order chi connectivity index (χ1) is 33.5. The number of ether oxygens (including phenoxy) is 1. The quantitative estimate of drug-likeness (QED) is 0.108. The van der Waals surface area contributed by atoms with E-state index < -0.39 is 56.7 Å². The number of carbonyl (C=O) groups is 2. The zero-order valence-corrected chi connectivity index (χ0v) is 42.6. The highest BCUT2D eigenvalue weighted by molar-refractivity contribution is 7.94. The highest BCUT2D eigenvalue weighted by Crippen LogP contribution is 2.44. The number of benzene rings is 3. The Hall–Kier alpha value is -5.32. The number of aromatic nitrogens is 2. The Morgan fingerprint density at radius 2 is 1.65 bits per heavy atom. The monoisotopic (exact) mass is 1060 g/mol. The molecule has 2 fully saturated rings. The topological polar surface area (TPSA) is 192 Å². The van der Waals surface area contributed by atoms with Gasteiger partial charge in [-0.05, 0) is 109 Å². The number of pyridine rings is 1. The summed E-state index contributed by atoms with van der Waals surface area (Å²) in [6.45, 7) is 10.2. The lowest BCUT2D eigenvalue weighted by Gasteiger charge is -2.39. The first kappa shape index (κ1) is 52.0. The Bertz CT molecular complexity index is 3220. The smallest absolute Gasteiger partial charge is 0.455 e. The van der Waals surface area contributed by atoms with Crippen molar-refractivity contribution in [2.75, 3.05) is 68.8 Å². The number of aryl methyl sites for hydroxylation is 1. The SMILES string of the molecule is CC(=O)N=S1(=O)CCN(CCCc2ccc(S(=O)(=O)NC(=O)c3ccc(N4CCN(CC5=C(c6ccc(Cl)cc6)CC(C)(C)CC5)CC4)cc3Oc3cnc4[nH]ccc4c3)cc2S(=O)(=O)C(F)(F)F)CC1. The molecule has 5 aromatic rings. The molecule has 8 rings (SSSR count). The largest absolute Gasteiger partial charge is 0.501 e. The van der Waals surface area contributed by atoms with Gasteiger partial charge in [-0.2, -0.15) is 17.5 Å². The molecule has 2 saturated heterocycles. The molecule has 3 aliphatic rings. The summed E-state index contributed by atoms with van der Waals surface area (Å²) in [5.41, 5.74) is -0.887. The third-order valence-corrected chi connectivity index (χ3v) is 18.6. The minimum Gasteiger partial charge on any atom is -0.455 e. The van der Waals surface area contributed by atoms with Crippen LogP contribution in [0, 0.1) is 5.41 Å². The lowest BCUT2D eigenvalue weighted by molar-refractivity contribution is -0.115. The van der Waals surface area contributed by atoms with Crippen LogP contribution in [0.2, 0.25) is 5.02 Å². The second kappa shape index (κ2) is 20.7. The van der Waals surface area contributed by atoms with E-state index in [1.807, 2.05) is 21.8 Å². The van der Waals surface area contributed by atoms with E-state index in [1.54, 1.807) is 30.5 Å². The van der Waals surface area contributed by atoms with Gasteiger partial charge in [0.1, 0.15) is 17.1 Å². The average Bonchev–Trinajstić information content (AvgIpc) is 3.78. The van der Waals surface area contributed by atoms with Gasteiger partial charge in [0.2, 0.25) is 0 Å². The van der Waals surface area contributed by atoms with Gasteiger partial charge in [-0.25, -0.2) is 30.8 Å². The number of amides is 2. The summed E-state index contributed by atoms with van der Waals surface area (Å²) < 4.78 is 121. The maximum Gasteiger partial charge on any atom is 0.501 e. The predicted molar refractivity (Wildman–Crippen MR) is 267 cm³/mol. The molecule has 71 heavy (non-hydrogen) atoms. The number of hydrogen-bond acceptors (Lipinski definition) is 12. The van der Waals surface area contributed by atoms with Crippen LogP contribution in [-0.4, -0.2) is 122 Å². The number of H-pyrrole nitrogens is 1. The van der Waals surface area contributed by atoms with Crippen molar-refractivity contribution < 1.29 is 48.5 Å². The number of anilines is 1. The zero-order chi connectivity index (χ0) is 50.9. The molecule has 0 saturated carbocycles. The second-order valence-electron chi connectivity index (χ2n) is 19.0. The third kappa shape index (κ3) is 12.3. The van der Waals surface area contributed by atoms with Crippen molar-refractivity contribution >= 4 is 75.3 Å². The first-order valence-corrected chi connectivity index (χ1v) is 28.3. The van der Waals surface area contributed by atoms with Crippen LogP contribution < -0.4 is 14.4 Å². The van der Waals surface area contributed by atoms with E-state index in [4.69, 9.17) is 16.3 Å². The number of sulfone groups is 1. The van der Waals surface area contributed by atoms with Gasteiger partial charge < -0.3 is 19.5 Å². The summed E-state index contributed by atoms with van der Waals surface area (Å²) in [6, 6.07) is 18.5. The molecular formula is C49H55ClF3N7O8S3. The van der Waals surface area contributed by atoms with Crippen LogP contribution in [0.25, 0.3) is 16.6 Å². The van der Waals surface area contributed by atoms with Crippen molar-refractivity contribution in [1.82, 2.24) is 24.5 Å². The predicted octanol–water partition coefficient (Wildman–Crippen LogP) is 8.47. The minimum absolute atomic E-state index is 0.0307. The van der Waals surface area contributed by atoms with Crippen LogP contribution in [0.4, 0.5) is 18.9 Å². The molecule has 0 atom stereocenters. The van der Waals surface area contributed by atoms with Crippen molar-refractivity contribution in [2.45, 2.75) is 68.2 Å². The van der Waals surface area contributed by atoms with Crippen molar-refractivity contribution in [3.05, 3.63) is 112 Å². The van der Waals surface area contributed by atoms with E-state index >= 15 is 0 Å². The van der Waals surface area contributed by atoms with Crippen LogP contribution in [0.1, 0.15) is 67.9 Å². The van der Waals surface area contributed by atoms with E-state index in [0.717, 1.165) is 51.0 Å². The number of nitrogens with zero attached hydrogens (tertiary/aromatic N) is 5. The average molecular weight is 1060 g/mol. The van der Waals surface area contributed by atoms with Crippen LogP contribution in [0.15, 0.2) is 105 Å². The number of alkyl halides is 3. The Labute approximate surface area is 416 Å². The molecule has 0 radical (unpaired) electrons. The van der Waals surface area contributed by atoms with Crippen LogP contribution >= 0.6 is 11.6 Å². The molecule has 2 aliphatic heterocycles. The molecule has 1 aliphatic carbocycles. The van der Waals surface area contributed by atoms with Gasteiger partial charge >= 0.3 is 5.51 Å². The molecule has 2 N–H and O–H groups in total. The van der Waals surface area contributed by atoms with Crippen LogP contribution in [-0.2, 0) is 40.8 Å². The summed E-state index contributed by atoms with van der Waals surface area (Å²) in [4.78, 5) is 37.1. The van der Waals surface area contributed by atoms with Gasteiger partial charge in [-0.3, -0.25) is 14.5 Å². The number of allylic oxidation sites excluding steroid dienone is 1.